The number of nitrogens with zero attached hydrogens (tertiary/aromatic N) is 1. The molecule has 0 aromatic heterocycles. The van der Waals surface area contributed by atoms with E-state index in [1.54, 1.807) is 0 Å². The van der Waals surface area contributed by atoms with Crippen LogP contribution in [-0.4, -0.2) is 50.3 Å². The number of nitrogens with one attached hydrogen (secondary N) is 1. The fraction of sp³-hybridized carbons (Fsp3) is 1.00. The van der Waals surface area contributed by atoms with E-state index in [-0.39, 0.29) is 0 Å². The summed E-state index contributed by atoms with van der Waals surface area (Å²) < 4.78 is 5.69. The van der Waals surface area contributed by atoms with E-state index in [0.717, 1.165) is 32.2 Å². The molecule has 2 atom stereocenters. The number of ether oxygens (including phenoxy) is 1. The molecule has 1 saturated heterocycles. The van der Waals surface area contributed by atoms with Crippen LogP contribution >= 0.6 is 0 Å². The zero-order valence-electron chi connectivity index (χ0n) is 12.7. The summed E-state index contributed by atoms with van der Waals surface area (Å²) in [6.07, 6.45) is 5.51. The lowest BCUT2D eigenvalue weighted by Gasteiger charge is -2.27. The van der Waals surface area contributed by atoms with Gasteiger partial charge in [-0.25, -0.2) is 0 Å². The molecule has 0 spiro atoms. The SMILES string of the molecule is CC(C)CNCCCC(C)N(C)CC1CCCO1. The fourth-order valence-corrected chi connectivity index (χ4v) is 2.42. The summed E-state index contributed by atoms with van der Waals surface area (Å²) >= 11 is 0. The number of likely N-dealkylation sites (N-methyl/N-ethyl adjacent to an activating group) is 1. The van der Waals surface area contributed by atoms with Gasteiger partial charge in [-0.2, -0.15) is 0 Å². The van der Waals surface area contributed by atoms with Crippen molar-refractivity contribution in [1.82, 2.24) is 10.2 Å². The molecule has 0 aliphatic carbocycles. The monoisotopic (exact) mass is 256 g/mol. The van der Waals surface area contributed by atoms with Gasteiger partial charge in [0.05, 0.1) is 6.10 Å². The Labute approximate surface area is 113 Å². The standard InChI is InChI=1S/C15H32N2O/c1-13(2)11-16-9-5-7-14(3)17(4)12-15-8-6-10-18-15/h13-16H,5-12H2,1-4H3. The van der Waals surface area contributed by atoms with Crippen molar-refractivity contribution in [2.24, 2.45) is 5.92 Å². The van der Waals surface area contributed by atoms with E-state index in [1.807, 2.05) is 0 Å². The third kappa shape index (κ3) is 6.72. The van der Waals surface area contributed by atoms with Crippen LogP contribution in [0.2, 0.25) is 0 Å². The summed E-state index contributed by atoms with van der Waals surface area (Å²) in [5.41, 5.74) is 0. The first-order valence-corrected chi connectivity index (χ1v) is 7.62. The average molecular weight is 256 g/mol. The highest BCUT2D eigenvalue weighted by molar-refractivity contribution is 4.72. The number of rotatable bonds is 9. The Morgan fingerprint density at radius 3 is 2.72 bits per heavy atom. The summed E-state index contributed by atoms with van der Waals surface area (Å²) in [5, 5.41) is 3.51. The Balaban J connectivity index is 2.02. The lowest BCUT2D eigenvalue weighted by Crippen LogP contribution is -2.36. The largest absolute Gasteiger partial charge is 0.377 e. The molecule has 2 unspecified atom stereocenters. The molecule has 1 N–H and O–H groups in total. The van der Waals surface area contributed by atoms with Crippen LogP contribution in [0.3, 0.4) is 0 Å². The van der Waals surface area contributed by atoms with Crippen LogP contribution in [0.15, 0.2) is 0 Å². The van der Waals surface area contributed by atoms with Gasteiger partial charge in [0, 0.05) is 19.2 Å². The Bertz CT molecular complexity index is 203. The van der Waals surface area contributed by atoms with Crippen molar-refractivity contribution in [2.45, 2.75) is 58.6 Å². The molecule has 3 heteroatoms. The molecule has 18 heavy (non-hydrogen) atoms. The van der Waals surface area contributed by atoms with Crippen molar-refractivity contribution in [3.05, 3.63) is 0 Å². The molecule has 0 bridgehead atoms. The summed E-state index contributed by atoms with van der Waals surface area (Å²) in [4.78, 5) is 2.46. The maximum absolute atomic E-state index is 5.69. The Hall–Kier alpha value is -0.120. The van der Waals surface area contributed by atoms with Crippen molar-refractivity contribution in [1.29, 1.82) is 0 Å². The van der Waals surface area contributed by atoms with Gasteiger partial charge in [0.2, 0.25) is 0 Å². The number of hydrogen-bond acceptors (Lipinski definition) is 3. The van der Waals surface area contributed by atoms with E-state index in [1.165, 1.54) is 25.7 Å². The predicted molar refractivity (Wildman–Crippen MR) is 78.0 cm³/mol. The van der Waals surface area contributed by atoms with Crippen LogP contribution in [0, 0.1) is 5.92 Å². The highest BCUT2D eigenvalue weighted by Gasteiger charge is 2.19. The van der Waals surface area contributed by atoms with Crippen molar-refractivity contribution in [3.8, 4) is 0 Å². The molecular formula is C15H32N2O. The van der Waals surface area contributed by atoms with Crippen LogP contribution in [0.1, 0.15) is 46.5 Å². The van der Waals surface area contributed by atoms with Crippen LogP contribution in [-0.2, 0) is 4.74 Å². The van der Waals surface area contributed by atoms with E-state index in [9.17, 15) is 0 Å². The zero-order chi connectivity index (χ0) is 13.4. The van der Waals surface area contributed by atoms with Crippen molar-refractivity contribution >= 4 is 0 Å². The van der Waals surface area contributed by atoms with E-state index >= 15 is 0 Å². The van der Waals surface area contributed by atoms with Gasteiger partial charge in [-0.15, -0.1) is 0 Å². The van der Waals surface area contributed by atoms with Gasteiger partial charge < -0.3 is 15.0 Å². The van der Waals surface area contributed by atoms with E-state index in [2.05, 4.69) is 38.0 Å². The lowest BCUT2D eigenvalue weighted by atomic mass is 10.1. The second-order valence-electron chi connectivity index (χ2n) is 6.16. The lowest BCUT2D eigenvalue weighted by molar-refractivity contribution is 0.0689. The first-order valence-electron chi connectivity index (χ1n) is 7.62. The summed E-state index contributed by atoms with van der Waals surface area (Å²) in [7, 11) is 2.23. The predicted octanol–water partition coefficient (Wildman–Crippen LogP) is 2.51. The Kier molecular flexibility index (Phi) is 7.87. The molecule has 1 rings (SSSR count). The van der Waals surface area contributed by atoms with Crippen LogP contribution in [0.4, 0.5) is 0 Å². The minimum Gasteiger partial charge on any atom is -0.377 e. The zero-order valence-corrected chi connectivity index (χ0v) is 12.7. The molecule has 1 aliphatic heterocycles. The summed E-state index contributed by atoms with van der Waals surface area (Å²) in [5.74, 6) is 0.754. The van der Waals surface area contributed by atoms with Crippen molar-refractivity contribution < 1.29 is 4.74 Å². The van der Waals surface area contributed by atoms with Gasteiger partial charge in [0.25, 0.3) is 0 Å². The third-order valence-electron chi connectivity index (χ3n) is 3.80. The Morgan fingerprint density at radius 1 is 1.33 bits per heavy atom. The van der Waals surface area contributed by atoms with Crippen molar-refractivity contribution in [2.75, 3.05) is 33.3 Å². The maximum atomic E-state index is 5.69. The molecule has 1 fully saturated rings. The molecule has 0 aromatic carbocycles. The smallest absolute Gasteiger partial charge is 0.0702 e. The molecule has 1 heterocycles. The Morgan fingerprint density at radius 2 is 2.11 bits per heavy atom. The number of hydrogen-bond donors (Lipinski definition) is 1. The molecule has 0 amide bonds. The maximum Gasteiger partial charge on any atom is 0.0702 e. The van der Waals surface area contributed by atoms with Gasteiger partial charge in [0.15, 0.2) is 0 Å². The van der Waals surface area contributed by atoms with Gasteiger partial charge in [-0.3, -0.25) is 0 Å². The quantitative estimate of drug-likeness (QED) is 0.642. The molecule has 0 radical (unpaired) electrons. The summed E-state index contributed by atoms with van der Waals surface area (Å²) in [6, 6.07) is 0.662. The van der Waals surface area contributed by atoms with Crippen LogP contribution in [0.5, 0.6) is 0 Å². The molecule has 108 valence electrons. The van der Waals surface area contributed by atoms with Crippen molar-refractivity contribution in [3.63, 3.8) is 0 Å². The molecule has 3 nitrogen and oxygen atoms in total. The first kappa shape index (κ1) is 15.9. The molecular weight excluding hydrogens is 224 g/mol. The third-order valence-corrected chi connectivity index (χ3v) is 3.80. The van der Waals surface area contributed by atoms with Gasteiger partial charge in [0.1, 0.15) is 0 Å². The van der Waals surface area contributed by atoms with Crippen LogP contribution in [0.25, 0.3) is 0 Å². The van der Waals surface area contributed by atoms with E-state index in [0.29, 0.717) is 12.1 Å². The highest BCUT2D eigenvalue weighted by Crippen LogP contribution is 2.14. The molecule has 0 saturated carbocycles. The molecule has 0 aromatic rings. The van der Waals surface area contributed by atoms with E-state index in [4.69, 9.17) is 4.74 Å². The highest BCUT2D eigenvalue weighted by atomic mass is 16.5. The normalized spacial score (nSPS) is 22.0. The second-order valence-corrected chi connectivity index (χ2v) is 6.16. The van der Waals surface area contributed by atoms with Crippen LogP contribution < -0.4 is 5.32 Å². The first-order chi connectivity index (χ1) is 8.59. The van der Waals surface area contributed by atoms with Gasteiger partial charge in [-0.05, 0) is 58.7 Å². The van der Waals surface area contributed by atoms with E-state index < -0.39 is 0 Å². The summed E-state index contributed by atoms with van der Waals surface area (Å²) in [6.45, 7) is 11.2. The van der Waals surface area contributed by atoms with Gasteiger partial charge >= 0.3 is 0 Å². The topological polar surface area (TPSA) is 24.5 Å². The minimum atomic E-state index is 0.483. The minimum absolute atomic E-state index is 0.483. The second kappa shape index (κ2) is 8.89. The fourth-order valence-electron chi connectivity index (χ4n) is 2.42. The average Bonchev–Trinajstić information content (AvgIpc) is 2.80. The molecule has 1 aliphatic rings. The van der Waals surface area contributed by atoms with Gasteiger partial charge in [-0.1, -0.05) is 13.8 Å².